The zero-order valence-electron chi connectivity index (χ0n) is 27.0. The highest BCUT2D eigenvalue weighted by Crippen LogP contribution is 2.33. The van der Waals surface area contributed by atoms with E-state index >= 15 is 0 Å². The van der Waals surface area contributed by atoms with Crippen LogP contribution < -0.4 is 0 Å². The van der Waals surface area contributed by atoms with Crippen molar-refractivity contribution in [2.75, 3.05) is 6.61 Å². The third-order valence-electron chi connectivity index (χ3n) is 8.09. The van der Waals surface area contributed by atoms with Crippen LogP contribution in [0.4, 0.5) is 0 Å². The summed E-state index contributed by atoms with van der Waals surface area (Å²) in [6, 6.07) is 46.9. The van der Waals surface area contributed by atoms with Crippen LogP contribution in [0, 0.1) is 0 Å². The van der Waals surface area contributed by atoms with Crippen molar-refractivity contribution in [3.63, 3.8) is 0 Å². The largest absolute Gasteiger partial charge is 0.374 e. The Balaban J connectivity index is 1.34. The molecule has 5 atom stereocenters. The first-order valence-electron chi connectivity index (χ1n) is 16.3. The summed E-state index contributed by atoms with van der Waals surface area (Å²) in [7, 11) is -4.27. The highest BCUT2D eigenvalue weighted by molar-refractivity contribution is 7.86. The average Bonchev–Trinajstić information content (AvgIpc) is 3.15. The number of benzene rings is 5. The Hall–Kier alpha value is -4.19. The molecule has 0 bridgehead atoms. The van der Waals surface area contributed by atoms with Crippen LogP contribution in [-0.4, -0.2) is 45.7 Å². The van der Waals surface area contributed by atoms with Crippen molar-refractivity contribution >= 4 is 10.1 Å². The van der Waals surface area contributed by atoms with Gasteiger partial charge in [0.25, 0.3) is 10.1 Å². The van der Waals surface area contributed by atoms with Gasteiger partial charge in [0.15, 0.2) is 0 Å². The van der Waals surface area contributed by atoms with Crippen LogP contribution in [0.15, 0.2) is 157 Å². The van der Waals surface area contributed by atoms with Gasteiger partial charge in [0.05, 0.1) is 37.9 Å². The van der Waals surface area contributed by atoms with Gasteiger partial charge in [-0.05, 0) is 34.4 Å². The highest BCUT2D eigenvalue weighted by Gasteiger charge is 2.50. The van der Waals surface area contributed by atoms with Gasteiger partial charge in [0.1, 0.15) is 24.4 Å². The fraction of sp³-hybridized carbons (Fsp3) is 0.250. The van der Waals surface area contributed by atoms with Crippen molar-refractivity contribution in [2.45, 2.75) is 62.0 Å². The summed E-state index contributed by atoms with van der Waals surface area (Å²) in [4.78, 5) is 0.00138. The number of ether oxygens (including phenoxy) is 5. The van der Waals surface area contributed by atoms with Gasteiger partial charge in [0.2, 0.25) is 6.29 Å². The van der Waals surface area contributed by atoms with Crippen LogP contribution in [0.5, 0.6) is 0 Å². The molecule has 1 fully saturated rings. The molecule has 1 heterocycles. The first-order valence-corrected chi connectivity index (χ1v) is 17.7. The third-order valence-corrected chi connectivity index (χ3v) is 9.39. The summed E-state index contributed by atoms with van der Waals surface area (Å²) in [5.41, 5.74) is 3.77. The Morgan fingerprint density at radius 3 is 1.33 bits per heavy atom. The molecular weight excluding hydrogens is 640 g/mol. The van der Waals surface area contributed by atoms with Crippen molar-refractivity contribution in [1.29, 1.82) is 0 Å². The Labute approximate surface area is 288 Å². The van der Waals surface area contributed by atoms with Crippen LogP contribution in [0.2, 0.25) is 0 Å². The van der Waals surface area contributed by atoms with Gasteiger partial charge in [-0.1, -0.05) is 140 Å². The molecule has 8 nitrogen and oxygen atoms in total. The molecule has 6 rings (SSSR count). The summed E-state index contributed by atoms with van der Waals surface area (Å²) in [6.45, 7) is 1.04. The lowest BCUT2D eigenvalue weighted by Gasteiger charge is -2.45. The van der Waals surface area contributed by atoms with E-state index in [2.05, 4.69) is 0 Å². The van der Waals surface area contributed by atoms with Gasteiger partial charge in [-0.25, -0.2) is 4.18 Å². The zero-order valence-corrected chi connectivity index (χ0v) is 27.8. The smallest absolute Gasteiger partial charge is 0.299 e. The van der Waals surface area contributed by atoms with E-state index in [0.717, 1.165) is 22.3 Å². The summed E-state index contributed by atoms with van der Waals surface area (Å²) in [6.07, 6.45) is -4.70. The van der Waals surface area contributed by atoms with Crippen LogP contribution >= 0.6 is 0 Å². The van der Waals surface area contributed by atoms with E-state index < -0.39 is 40.8 Å². The molecular formula is C40H40O8S. The molecule has 1 saturated heterocycles. The average molecular weight is 681 g/mol. The Kier molecular flexibility index (Phi) is 12.4. The maximum atomic E-state index is 13.6. The molecule has 0 spiro atoms. The predicted octanol–water partition coefficient (Wildman–Crippen LogP) is 7.09. The molecule has 1 aliphatic rings. The van der Waals surface area contributed by atoms with E-state index in [0.29, 0.717) is 6.61 Å². The van der Waals surface area contributed by atoms with Crippen molar-refractivity contribution in [1.82, 2.24) is 0 Å². The summed E-state index contributed by atoms with van der Waals surface area (Å²) in [5.74, 6) is 0. The second-order valence-electron chi connectivity index (χ2n) is 11.7. The van der Waals surface area contributed by atoms with Crippen LogP contribution in [0.1, 0.15) is 22.3 Å². The second kappa shape index (κ2) is 17.5. The van der Waals surface area contributed by atoms with E-state index in [-0.39, 0.29) is 31.3 Å². The fourth-order valence-electron chi connectivity index (χ4n) is 5.59. The van der Waals surface area contributed by atoms with Crippen LogP contribution in [-0.2, 0) is 64.4 Å². The topological polar surface area (TPSA) is 89.5 Å². The molecule has 0 radical (unpaired) electrons. The van der Waals surface area contributed by atoms with Crippen molar-refractivity contribution in [2.24, 2.45) is 0 Å². The summed E-state index contributed by atoms with van der Waals surface area (Å²) >= 11 is 0. The van der Waals surface area contributed by atoms with Crippen molar-refractivity contribution in [3.8, 4) is 0 Å². The monoisotopic (exact) mass is 680 g/mol. The third kappa shape index (κ3) is 9.93. The Morgan fingerprint density at radius 2 is 0.857 bits per heavy atom. The molecule has 1 aliphatic heterocycles. The normalized spacial score (nSPS) is 20.9. The highest BCUT2D eigenvalue weighted by atomic mass is 32.2. The van der Waals surface area contributed by atoms with Gasteiger partial charge in [-0.15, -0.1) is 0 Å². The molecule has 0 aromatic heterocycles. The van der Waals surface area contributed by atoms with Crippen LogP contribution in [0.25, 0.3) is 0 Å². The number of rotatable bonds is 16. The molecule has 5 aromatic rings. The standard InChI is InChI=1S/C40H40O8S/c41-49(42,35-24-14-5-15-25-35)48-40-39(46-29-34-22-12-4-13-23-34)38(45-28-33-20-10-3-11-21-33)37(44-27-32-18-8-2-9-19-32)36(47-40)30-43-26-31-16-6-1-7-17-31/h1-25,36-40H,26-30H2/t36-,37-,38+,39+,40-/m1/s1. The molecule has 5 aromatic carbocycles. The van der Waals surface area contributed by atoms with E-state index in [1.165, 1.54) is 12.1 Å². The summed E-state index contributed by atoms with van der Waals surface area (Å²) < 4.78 is 65.6. The maximum Gasteiger partial charge on any atom is 0.299 e. The van der Waals surface area contributed by atoms with E-state index in [4.69, 9.17) is 27.9 Å². The second-order valence-corrected chi connectivity index (χ2v) is 13.3. The number of hydrogen-bond acceptors (Lipinski definition) is 8. The lowest BCUT2D eigenvalue weighted by Crippen LogP contribution is -2.62. The molecule has 0 unspecified atom stereocenters. The first kappa shape index (κ1) is 34.7. The Morgan fingerprint density at radius 1 is 0.469 bits per heavy atom. The lowest BCUT2D eigenvalue weighted by atomic mass is 9.98. The first-order chi connectivity index (χ1) is 24.0. The SMILES string of the molecule is O=S(=O)(O[C@H]1O[C@H](COCc2ccccc2)[C@@H](OCc2ccccc2)[C@H](OCc2ccccc2)[C@@H]1OCc1ccccc1)c1ccccc1. The number of hydrogen-bond donors (Lipinski definition) is 0. The molecule has 0 N–H and O–H groups in total. The summed E-state index contributed by atoms with van der Waals surface area (Å²) in [5, 5.41) is 0. The predicted molar refractivity (Wildman–Crippen MR) is 185 cm³/mol. The molecule has 9 heteroatoms. The fourth-order valence-corrected chi connectivity index (χ4v) is 6.60. The molecule has 0 aliphatic carbocycles. The minimum Gasteiger partial charge on any atom is -0.374 e. The molecule has 49 heavy (non-hydrogen) atoms. The van der Waals surface area contributed by atoms with Gasteiger partial charge in [-0.3, -0.25) is 0 Å². The van der Waals surface area contributed by atoms with Gasteiger partial charge < -0.3 is 23.7 Å². The van der Waals surface area contributed by atoms with Gasteiger partial charge >= 0.3 is 0 Å². The maximum absolute atomic E-state index is 13.6. The van der Waals surface area contributed by atoms with E-state index in [1.54, 1.807) is 18.2 Å². The van der Waals surface area contributed by atoms with Gasteiger partial charge in [-0.2, -0.15) is 8.42 Å². The van der Waals surface area contributed by atoms with E-state index in [1.807, 2.05) is 121 Å². The molecule has 254 valence electrons. The van der Waals surface area contributed by atoms with Crippen molar-refractivity contribution in [3.05, 3.63) is 174 Å². The minimum absolute atomic E-state index is 0.00138. The minimum atomic E-state index is -4.27. The van der Waals surface area contributed by atoms with E-state index in [9.17, 15) is 8.42 Å². The van der Waals surface area contributed by atoms with Gasteiger partial charge in [0, 0.05) is 0 Å². The van der Waals surface area contributed by atoms with Crippen LogP contribution in [0.3, 0.4) is 0 Å². The lowest BCUT2D eigenvalue weighted by molar-refractivity contribution is -0.309. The Bertz CT molecular complexity index is 1780. The van der Waals surface area contributed by atoms with Crippen molar-refractivity contribution < 1.29 is 36.3 Å². The quantitative estimate of drug-likeness (QED) is 0.102. The molecule has 0 amide bonds. The zero-order chi connectivity index (χ0) is 33.7. The molecule has 0 saturated carbocycles.